The van der Waals surface area contributed by atoms with Crippen LogP contribution in [0, 0.1) is 5.92 Å². The highest BCUT2D eigenvalue weighted by atomic mass is 16.7. The summed E-state index contributed by atoms with van der Waals surface area (Å²) in [5.74, 6) is 0.438. The van der Waals surface area contributed by atoms with Crippen LogP contribution >= 0.6 is 0 Å². The molecule has 0 N–H and O–H groups in total. The SMILES string of the molecule is CCCCCCCCC[C@@H]1OC[C@H](C)[C@H](OC)[C@@]12CO2. The Morgan fingerprint density at radius 2 is 1.75 bits per heavy atom. The van der Waals surface area contributed by atoms with E-state index >= 15 is 0 Å². The molecule has 2 saturated heterocycles. The van der Waals surface area contributed by atoms with Crippen LogP contribution in [0.2, 0.25) is 0 Å². The van der Waals surface area contributed by atoms with Gasteiger partial charge in [0.15, 0.2) is 0 Å². The standard InChI is InChI=1S/C17H32O3/c1-4-5-6-7-8-9-10-11-15-17(13-20-17)16(18-3)14(2)12-19-15/h14-16H,4-13H2,1-3H3/t14-,15-,16-,17+/m0/s1. The van der Waals surface area contributed by atoms with E-state index in [1.807, 2.05) is 0 Å². The average molecular weight is 284 g/mol. The van der Waals surface area contributed by atoms with E-state index in [1.54, 1.807) is 7.11 Å². The lowest BCUT2D eigenvalue weighted by molar-refractivity contribution is -0.149. The maximum absolute atomic E-state index is 6.04. The van der Waals surface area contributed by atoms with Crippen molar-refractivity contribution in [2.45, 2.75) is 83.0 Å². The number of ether oxygens (including phenoxy) is 3. The molecule has 3 heteroatoms. The summed E-state index contributed by atoms with van der Waals surface area (Å²) in [4.78, 5) is 0. The Morgan fingerprint density at radius 1 is 1.10 bits per heavy atom. The third-order valence-electron chi connectivity index (χ3n) is 4.91. The summed E-state index contributed by atoms with van der Waals surface area (Å²) in [5, 5.41) is 0. The van der Waals surface area contributed by atoms with Gasteiger partial charge in [-0.3, -0.25) is 0 Å². The van der Waals surface area contributed by atoms with Gasteiger partial charge in [-0.15, -0.1) is 0 Å². The lowest BCUT2D eigenvalue weighted by Gasteiger charge is -2.39. The van der Waals surface area contributed by atoms with Gasteiger partial charge in [0.1, 0.15) is 5.60 Å². The molecule has 0 radical (unpaired) electrons. The largest absolute Gasteiger partial charge is 0.378 e. The smallest absolute Gasteiger partial charge is 0.144 e. The van der Waals surface area contributed by atoms with Crippen LogP contribution in [0.15, 0.2) is 0 Å². The Balaban J connectivity index is 1.66. The topological polar surface area (TPSA) is 31.0 Å². The summed E-state index contributed by atoms with van der Waals surface area (Å²) in [7, 11) is 1.81. The van der Waals surface area contributed by atoms with E-state index in [0.717, 1.165) is 19.6 Å². The molecule has 2 heterocycles. The third-order valence-corrected chi connectivity index (χ3v) is 4.91. The second kappa shape index (κ2) is 7.77. The summed E-state index contributed by atoms with van der Waals surface area (Å²) in [6, 6.07) is 0. The number of hydrogen-bond donors (Lipinski definition) is 0. The first kappa shape index (κ1) is 16.3. The zero-order valence-corrected chi connectivity index (χ0v) is 13.5. The molecule has 2 aliphatic heterocycles. The quantitative estimate of drug-likeness (QED) is 0.474. The average Bonchev–Trinajstić information content (AvgIpc) is 3.22. The van der Waals surface area contributed by atoms with Crippen LogP contribution in [0.5, 0.6) is 0 Å². The Kier molecular flexibility index (Phi) is 6.31. The maximum Gasteiger partial charge on any atom is 0.144 e. The van der Waals surface area contributed by atoms with Crippen molar-refractivity contribution >= 4 is 0 Å². The van der Waals surface area contributed by atoms with Crippen molar-refractivity contribution in [2.24, 2.45) is 5.92 Å². The Bertz CT molecular complexity index is 275. The molecule has 0 unspecified atom stereocenters. The van der Waals surface area contributed by atoms with Gasteiger partial charge in [-0.2, -0.15) is 0 Å². The van der Waals surface area contributed by atoms with E-state index in [4.69, 9.17) is 14.2 Å². The van der Waals surface area contributed by atoms with Gasteiger partial charge in [0.05, 0.1) is 25.4 Å². The molecule has 2 fully saturated rings. The zero-order chi connectivity index (χ0) is 14.4. The van der Waals surface area contributed by atoms with Crippen molar-refractivity contribution in [1.29, 1.82) is 0 Å². The minimum atomic E-state index is -0.116. The van der Waals surface area contributed by atoms with E-state index in [9.17, 15) is 0 Å². The molecular formula is C17H32O3. The molecule has 0 bridgehead atoms. The highest BCUT2D eigenvalue weighted by Crippen LogP contribution is 2.45. The predicted octanol–water partition coefficient (Wildman–Crippen LogP) is 3.95. The molecule has 0 aromatic carbocycles. The molecule has 3 nitrogen and oxygen atoms in total. The van der Waals surface area contributed by atoms with Crippen molar-refractivity contribution in [3.8, 4) is 0 Å². The van der Waals surface area contributed by atoms with Gasteiger partial charge in [0.25, 0.3) is 0 Å². The molecule has 0 aliphatic carbocycles. The predicted molar refractivity (Wildman–Crippen MR) is 81.0 cm³/mol. The lowest BCUT2D eigenvalue weighted by atomic mass is 9.83. The second-order valence-electron chi connectivity index (χ2n) is 6.61. The van der Waals surface area contributed by atoms with E-state index in [1.165, 1.54) is 44.9 Å². The normalized spacial score (nSPS) is 36.5. The Hall–Kier alpha value is -0.120. The summed E-state index contributed by atoms with van der Waals surface area (Å²) in [5.41, 5.74) is -0.116. The first-order valence-electron chi connectivity index (χ1n) is 8.53. The van der Waals surface area contributed by atoms with Gasteiger partial charge in [0, 0.05) is 13.0 Å². The molecule has 1 spiro atoms. The second-order valence-corrected chi connectivity index (χ2v) is 6.61. The fraction of sp³-hybridized carbons (Fsp3) is 1.00. The molecule has 2 aliphatic rings. The van der Waals surface area contributed by atoms with E-state index in [2.05, 4.69) is 13.8 Å². The minimum absolute atomic E-state index is 0.116. The molecule has 0 saturated carbocycles. The van der Waals surface area contributed by atoms with E-state index < -0.39 is 0 Å². The fourth-order valence-corrected chi connectivity index (χ4v) is 3.64. The number of hydrogen-bond acceptors (Lipinski definition) is 3. The van der Waals surface area contributed by atoms with E-state index in [0.29, 0.717) is 5.92 Å². The molecule has 0 aromatic rings. The van der Waals surface area contributed by atoms with Crippen LogP contribution in [0.3, 0.4) is 0 Å². The van der Waals surface area contributed by atoms with E-state index in [-0.39, 0.29) is 17.8 Å². The first-order valence-corrected chi connectivity index (χ1v) is 8.53. The fourth-order valence-electron chi connectivity index (χ4n) is 3.64. The van der Waals surface area contributed by atoms with Crippen LogP contribution < -0.4 is 0 Å². The summed E-state index contributed by atoms with van der Waals surface area (Å²) >= 11 is 0. The van der Waals surface area contributed by atoms with Crippen molar-refractivity contribution in [3.05, 3.63) is 0 Å². The molecule has 2 rings (SSSR count). The van der Waals surface area contributed by atoms with Crippen molar-refractivity contribution in [1.82, 2.24) is 0 Å². The highest BCUT2D eigenvalue weighted by molar-refractivity contribution is 5.09. The van der Waals surface area contributed by atoms with Gasteiger partial charge < -0.3 is 14.2 Å². The van der Waals surface area contributed by atoms with Crippen LogP contribution in [0.1, 0.15) is 65.2 Å². The summed E-state index contributed by atoms with van der Waals surface area (Å²) in [6.45, 7) is 6.09. The monoisotopic (exact) mass is 284 g/mol. The first-order chi connectivity index (χ1) is 9.74. The Labute approximate surface area is 124 Å². The summed E-state index contributed by atoms with van der Waals surface area (Å²) in [6.07, 6.45) is 11.0. The van der Waals surface area contributed by atoms with Gasteiger partial charge in [-0.1, -0.05) is 58.8 Å². The minimum Gasteiger partial charge on any atom is -0.378 e. The molecule has 118 valence electrons. The van der Waals surface area contributed by atoms with Gasteiger partial charge in [0.2, 0.25) is 0 Å². The van der Waals surface area contributed by atoms with Gasteiger partial charge >= 0.3 is 0 Å². The number of methoxy groups -OCH3 is 1. The van der Waals surface area contributed by atoms with Crippen LogP contribution in [0.4, 0.5) is 0 Å². The van der Waals surface area contributed by atoms with Crippen molar-refractivity contribution in [3.63, 3.8) is 0 Å². The van der Waals surface area contributed by atoms with Crippen LogP contribution in [-0.4, -0.2) is 38.1 Å². The highest BCUT2D eigenvalue weighted by Gasteiger charge is 2.61. The molecule has 0 aromatic heterocycles. The molecular weight excluding hydrogens is 252 g/mol. The maximum atomic E-state index is 6.04. The Morgan fingerprint density at radius 3 is 2.35 bits per heavy atom. The number of rotatable bonds is 9. The molecule has 20 heavy (non-hydrogen) atoms. The molecule has 4 atom stereocenters. The molecule has 0 amide bonds. The van der Waals surface area contributed by atoms with Gasteiger partial charge in [-0.05, 0) is 6.42 Å². The number of epoxide rings is 1. The number of unbranched alkanes of at least 4 members (excludes halogenated alkanes) is 6. The van der Waals surface area contributed by atoms with Crippen LogP contribution in [-0.2, 0) is 14.2 Å². The zero-order valence-electron chi connectivity index (χ0n) is 13.5. The van der Waals surface area contributed by atoms with Crippen molar-refractivity contribution in [2.75, 3.05) is 20.3 Å². The van der Waals surface area contributed by atoms with Crippen LogP contribution in [0.25, 0.3) is 0 Å². The summed E-state index contributed by atoms with van der Waals surface area (Å²) < 4.78 is 17.5. The van der Waals surface area contributed by atoms with Gasteiger partial charge in [-0.25, -0.2) is 0 Å². The lowest BCUT2D eigenvalue weighted by Crippen LogP contribution is -2.53. The third kappa shape index (κ3) is 3.75. The van der Waals surface area contributed by atoms with Crippen molar-refractivity contribution < 1.29 is 14.2 Å².